The molecule has 0 aromatic heterocycles. The zero-order chi connectivity index (χ0) is 13.9. The molecule has 2 N–H and O–H groups in total. The lowest BCUT2D eigenvalue weighted by Gasteiger charge is -2.24. The monoisotopic (exact) mass is 280 g/mol. The number of amides is 1. The van der Waals surface area contributed by atoms with Crippen LogP contribution >= 0.6 is 0 Å². The average Bonchev–Trinajstić information content (AvgIpc) is 3.10. The zero-order valence-corrected chi connectivity index (χ0v) is 12.6. The molecule has 3 aliphatic rings. The Balaban J connectivity index is 1.45. The molecule has 0 bridgehead atoms. The molecule has 4 heteroatoms. The number of hydrogen-bond donors (Lipinski definition) is 2. The van der Waals surface area contributed by atoms with Gasteiger partial charge in [0.1, 0.15) is 0 Å². The highest BCUT2D eigenvalue weighted by atomic mass is 16.5. The lowest BCUT2D eigenvalue weighted by atomic mass is 9.85. The van der Waals surface area contributed by atoms with Crippen LogP contribution in [0.25, 0.3) is 0 Å². The predicted molar refractivity (Wildman–Crippen MR) is 78.4 cm³/mol. The van der Waals surface area contributed by atoms with Crippen LogP contribution in [0, 0.1) is 11.8 Å². The van der Waals surface area contributed by atoms with Crippen LogP contribution < -0.4 is 10.6 Å². The normalized spacial score (nSPS) is 40.5. The van der Waals surface area contributed by atoms with E-state index in [1.807, 2.05) is 0 Å². The highest BCUT2D eigenvalue weighted by molar-refractivity contribution is 5.82. The van der Waals surface area contributed by atoms with Crippen molar-refractivity contribution < 1.29 is 9.53 Å². The Morgan fingerprint density at radius 2 is 2.15 bits per heavy atom. The number of ether oxygens (including phenoxy) is 1. The number of carbonyl (C=O) groups excluding carboxylic acids is 1. The molecule has 3 fully saturated rings. The molecule has 0 aromatic carbocycles. The molecule has 1 amide bonds. The topological polar surface area (TPSA) is 50.4 Å². The van der Waals surface area contributed by atoms with Gasteiger partial charge >= 0.3 is 0 Å². The van der Waals surface area contributed by atoms with Gasteiger partial charge in [-0.25, -0.2) is 0 Å². The molecule has 2 aliphatic heterocycles. The van der Waals surface area contributed by atoms with Gasteiger partial charge in [-0.2, -0.15) is 0 Å². The second-order valence-electron chi connectivity index (χ2n) is 6.72. The summed E-state index contributed by atoms with van der Waals surface area (Å²) in [5, 5.41) is 6.71. The predicted octanol–water partition coefficient (Wildman–Crippen LogP) is 1.84. The highest BCUT2D eigenvalue weighted by Crippen LogP contribution is 2.33. The van der Waals surface area contributed by atoms with Gasteiger partial charge in [0.15, 0.2) is 0 Å². The lowest BCUT2D eigenvalue weighted by molar-refractivity contribution is -0.123. The van der Waals surface area contributed by atoms with Crippen molar-refractivity contribution in [3.8, 4) is 0 Å². The van der Waals surface area contributed by atoms with E-state index in [1.165, 1.54) is 25.7 Å². The van der Waals surface area contributed by atoms with Crippen LogP contribution in [-0.4, -0.2) is 37.2 Å². The summed E-state index contributed by atoms with van der Waals surface area (Å²) in [4.78, 5) is 12.3. The standard InChI is InChI=1S/C16H28N2O2/c1-2-15-12(7-8-20-15)10-17-16(19)14-9-11-5-3-4-6-13(11)18-14/h11-15,18H,2-10H2,1H3,(H,17,19). The molecule has 4 nitrogen and oxygen atoms in total. The Bertz CT molecular complexity index is 333. The second-order valence-corrected chi connectivity index (χ2v) is 6.72. The molecule has 1 aliphatic carbocycles. The van der Waals surface area contributed by atoms with Crippen molar-refractivity contribution in [2.75, 3.05) is 13.2 Å². The molecule has 2 saturated heterocycles. The van der Waals surface area contributed by atoms with Crippen molar-refractivity contribution in [2.45, 2.75) is 70.1 Å². The first-order chi connectivity index (χ1) is 9.78. The van der Waals surface area contributed by atoms with E-state index in [0.29, 0.717) is 18.1 Å². The van der Waals surface area contributed by atoms with Gasteiger partial charge in [0, 0.05) is 25.1 Å². The molecule has 114 valence electrons. The van der Waals surface area contributed by atoms with Crippen LogP contribution in [0.15, 0.2) is 0 Å². The highest BCUT2D eigenvalue weighted by Gasteiger charge is 2.38. The van der Waals surface area contributed by atoms with E-state index >= 15 is 0 Å². The van der Waals surface area contributed by atoms with E-state index in [9.17, 15) is 4.79 Å². The molecule has 0 aromatic rings. The second kappa shape index (κ2) is 6.44. The quantitative estimate of drug-likeness (QED) is 0.826. The number of nitrogens with one attached hydrogen (secondary N) is 2. The van der Waals surface area contributed by atoms with Crippen LogP contribution in [0.3, 0.4) is 0 Å². The van der Waals surface area contributed by atoms with Gasteiger partial charge in [-0.3, -0.25) is 4.79 Å². The minimum atomic E-state index is 0.0468. The summed E-state index contributed by atoms with van der Waals surface area (Å²) in [6.45, 7) is 3.80. The summed E-state index contributed by atoms with van der Waals surface area (Å²) in [5.41, 5.74) is 0. The fourth-order valence-corrected chi connectivity index (χ4v) is 4.25. The fourth-order valence-electron chi connectivity index (χ4n) is 4.25. The van der Waals surface area contributed by atoms with E-state index < -0.39 is 0 Å². The average molecular weight is 280 g/mol. The molecule has 0 spiro atoms. The number of carbonyl (C=O) groups is 1. The summed E-state index contributed by atoms with van der Waals surface area (Å²) in [6, 6.07) is 0.642. The molecule has 5 atom stereocenters. The Hall–Kier alpha value is -0.610. The summed E-state index contributed by atoms with van der Waals surface area (Å²) < 4.78 is 5.68. The van der Waals surface area contributed by atoms with Crippen LogP contribution in [0.4, 0.5) is 0 Å². The third-order valence-electron chi connectivity index (χ3n) is 5.47. The van der Waals surface area contributed by atoms with Gasteiger partial charge in [-0.15, -0.1) is 0 Å². The van der Waals surface area contributed by atoms with Gasteiger partial charge in [0.05, 0.1) is 12.1 Å². The van der Waals surface area contributed by atoms with E-state index in [2.05, 4.69) is 17.6 Å². The maximum absolute atomic E-state index is 12.3. The lowest BCUT2D eigenvalue weighted by Crippen LogP contribution is -2.45. The Morgan fingerprint density at radius 1 is 1.30 bits per heavy atom. The molecular formula is C16H28N2O2. The van der Waals surface area contributed by atoms with E-state index in [4.69, 9.17) is 4.74 Å². The number of hydrogen-bond acceptors (Lipinski definition) is 3. The Kier molecular flexibility index (Phi) is 4.61. The summed E-state index contributed by atoms with van der Waals surface area (Å²) in [7, 11) is 0. The van der Waals surface area contributed by atoms with E-state index in [1.54, 1.807) is 0 Å². The van der Waals surface area contributed by atoms with E-state index in [-0.39, 0.29) is 11.9 Å². The van der Waals surface area contributed by atoms with Gasteiger partial charge in [0.2, 0.25) is 5.91 Å². The van der Waals surface area contributed by atoms with Gasteiger partial charge < -0.3 is 15.4 Å². The summed E-state index contributed by atoms with van der Waals surface area (Å²) >= 11 is 0. The Labute approximate surface area is 122 Å². The molecule has 20 heavy (non-hydrogen) atoms. The van der Waals surface area contributed by atoms with Crippen LogP contribution in [0.5, 0.6) is 0 Å². The van der Waals surface area contributed by atoms with Gasteiger partial charge in [-0.1, -0.05) is 19.8 Å². The van der Waals surface area contributed by atoms with E-state index in [0.717, 1.165) is 38.3 Å². The van der Waals surface area contributed by atoms with Crippen LogP contribution in [0.2, 0.25) is 0 Å². The molecule has 1 saturated carbocycles. The minimum Gasteiger partial charge on any atom is -0.378 e. The summed E-state index contributed by atoms with van der Waals surface area (Å²) in [6.07, 6.45) is 8.73. The zero-order valence-electron chi connectivity index (χ0n) is 12.6. The largest absolute Gasteiger partial charge is 0.378 e. The number of rotatable bonds is 4. The first-order valence-corrected chi connectivity index (χ1v) is 8.43. The van der Waals surface area contributed by atoms with Crippen molar-refractivity contribution in [1.82, 2.24) is 10.6 Å². The van der Waals surface area contributed by atoms with Crippen molar-refractivity contribution in [3.63, 3.8) is 0 Å². The first kappa shape index (κ1) is 14.3. The molecule has 2 heterocycles. The van der Waals surface area contributed by atoms with Crippen molar-refractivity contribution in [1.29, 1.82) is 0 Å². The maximum atomic E-state index is 12.3. The molecule has 3 rings (SSSR count). The van der Waals surface area contributed by atoms with Gasteiger partial charge in [-0.05, 0) is 38.0 Å². The van der Waals surface area contributed by atoms with Crippen LogP contribution in [0.1, 0.15) is 51.9 Å². The fraction of sp³-hybridized carbons (Fsp3) is 0.938. The minimum absolute atomic E-state index is 0.0468. The van der Waals surface area contributed by atoms with Crippen molar-refractivity contribution >= 4 is 5.91 Å². The Morgan fingerprint density at radius 3 is 2.95 bits per heavy atom. The molecular weight excluding hydrogens is 252 g/mol. The third-order valence-corrected chi connectivity index (χ3v) is 5.47. The van der Waals surface area contributed by atoms with Crippen LogP contribution in [-0.2, 0) is 9.53 Å². The first-order valence-electron chi connectivity index (χ1n) is 8.43. The number of fused-ring (bicyclic) bond motifs is 1. The van der Waals surface area contributed by atoms with Gasteiger partial charge in [0.25, 0.3) is 0 Å². The van der Waals surface area contributed by atoms with Crippen molar-refractivity contribution in [2.24, 2.45) is 11.8 Å². The summed E-state index contributed by atoms with van der Waals surface area (Å²) in [5.74, 6) is 1.45. The molecule has 5 unspecified atom stereocenters. The smallest absolute Gasteiger partial charge is 0.237 e. The SMILES string of the molecule is CCC1OCCC1CNC(=O)C1CC2CCCCC2N1. The third kappa shape index (κ3) is 3.01. The van der Waals surface area contributed by atoms with Crippen molar-refractivity contribution in [3.05, 3.63) is 0 Å². The molecule has 0 radical (unpaired) electrons. The maximum Gasteiger partial charge on any atom is 0.237 e.